The van der Waals surface area contributed by atoms with Crippen molar-refractivity contribution < 1.29 is 9.53 Å². The number of carbonyl (C=O) groups is 1. The largest absolute Gasteiger partial charge is 0.440 e. The zero-order valence-electron chi connectivity index (χ0n) is 9.77. The Bertz CT molecular complexity index is 628. The average molecular weight is 231 g/mol. The molecular weight excluding hydrogens is 218 g/mol. The summed E-state index contributed by atoms with van der Waals surface area (Å²) in [4.78, 5) is 23.0. The summed E-state index contributed by atoms with van der Waals surface area (Å²) < 4.78 is 6.36. The Labute approximate surface area is 98.4 Å². The van der Waals surface area contributed by atoms with Gasteiger partial charge >= 0.3 is 5.97 Å². The van der Waals surface area contributed by atoms with E-state index in [0.717, 1.165) is 5.39 Å². The van der Waals surface area contributed by atoms with Crippen LogP contribution >= 0.6 is 0 Å². The molecule has 1 aromatic carbocycles. The molecule has 0 unspecified atom stereocenters. The van der Waals surface area contributed by atoms with E-state index in [1.165, 1.54) is 10.6 Å². The van der Waals surface area contributed by atoms with Crippen molar-refractivity contribution in [3.05, 3.63) is 46.2 Å². The minimum atomic E-state index is -0.369. The third-order valence-electron chi connectivity index (χ3n) is 2.55. The molecule has 17 heavy (non-hydrogen) atoms. The monoisotopic (exact) mass is 231 g/mol. The molecule has 0 atom stereocenters. The van der Waals surface area contributed by atoms with Crippen molar-refractivity contribution in [1.82, 2.24) is 4.57 Å². The fourth-order valence-corrected chi connectivity index (χ4v) is 1.85. The van der Waals surface area contributed by atoms with E-state index in [0.29, 0.717) is 11.1 Å². The van der Waals surface area contributed by atoms with Crippen molar-refractivity contribution in [2.75, 3.05) is 0 Å². The molecule has 4 heteroatoms. The topological polar surface area (TPSA) is 48.3 Å². The maximum absolute atomic E-state index is 11.5. The highest BCUT2D eigenvalue weighted by molar-refractivity contribution is 6.03. The second kappa shape index (κ2) is 4.41. The summed E-state index contributed by atoms with van der Waals surface area (Å²) in [6.07, 6.45) is 0. The van der Waals surface area contributed by atoms with Crippen LogP contribution in [-0.2, 0) is 11.5 Å². The number of nitrogens with zero attached hydrogens (tertiary/aromatic N) is 1. The summed E-state index contributed by atoms with van der Waals surface area (Å²) in [6.45, 7) is 4.01. The third kappa shape index (κ3) is 1.71. The number of para-hydroxylation sites is 1. The van der Waals surface area contributed by atoms with Crippen LogP contribution in [-0.4, -0.2) is 10.5 Å². The van der Waals surface area contributed by atoms with Gasteiger partial charge in [-0.2, -0.15) is 0 Å². The number of ether oxygens (including phenoxy) is 1. The molecule has 1 aliphatic rings. The molecular formula is C13H13NO3. The number of cyclic esters (lactones) is 1. The summed E-state index contributed by atoms with van der Waals surface area (Å²) in [5.74, 6) is -0.369. The van der Waals surface area contributed by atoms with E-state index in [1.54, 1.807) is 18.2 Å². The normalized spacial score (nSPS) is 12.7. The van der Waals surface area contributed by atoms with Crippen LogP contribution in [0.15, 0.2) is 35.1 Å². The fraction of sp³-hybridized carbons (Fsp3) is 0.231. The Morgan fingerprint density at radius 2 is 1.88 bits per heavy atom. The summed E-state index contributed by atoms with van der Waals surface area (Å²) >= 11 is 0. The lowest BCUT2D eigenvalue weighted by Gasteiger charge is -2.18. The van der Waals surface area contributed by atoms with Gasteiger partial charge in [0.1, 0.15) is 0 Å². The molecule has 0 aliphatic carbocycles. The molecule has 2 heterocycles. The van der Waals surface area contributed by atoms with Crippen molar-refractivity contribution >= 4 is 16.9 Å². The molecule has 4 nitrogen and oxygen atoms in total. The van der Waals surface area contributed by atoms with E-state index in [9.17, 15) is 9.59 Å². The molecule has 0 saturated heterocycles. The predicted molar refractivity (Wildman–Crippen MR) is 65.0 cm³/mol. The fourth-order valence-electron chi connectivity index (χ4n) is 1.85. The predicted octanol–water partition coefficient (Wildman–Crippen LogP) is 2.16. The van der Waals surface area contributed by atoms with Crippen LogP contribution in [0.25, 0.3) is 10.9 Å². The van der Waals surface area contributed by atoms with E-state index in [4.69, 9.17) is 4.74 Å². The van der Waals surface area contributed by atoms with Crippen LogP contribution in [0.5, 0.6) is 0 Å². The number of carbonyl (C=O) groups excluding carboxylic acids is 1. The van der Waals surface area contributed by atoms with Crippen LogP contribution in [0.4, 0.5) is 0 Å². The van der Waals surface area contributed by atoms with Crippen LogP contribution < -0.4 is 5.56 Å². The second-order valence-corrected chi connectivity index (χ2v) is 3.40. The van der Waals surface area contributed by atoms with Crippen molar-refractivity contribution in [1.29, 1.82) is 0 Å². The minimum absolute atomic E-state index is 0.00597. The van der Waals surface area contributed by atoms with E-state index in [1.807, 2.05) is 19.9 Å². The summed E-state index contributed by atoms with van der Waals surface area (Å²) in [5, 5.41) is 0.878. The van der Waals surface area contributed by atoms with Crippen LogP contribution in [0.1, 0.15) is 24.2 Å². The van der Waals surface area contributed by atoms with Gasteiger partial charge < -0.3 is 4.74 Å². The standard InChI is InChI=1S/C11H7NO3.C2H6/c13-9-5-4-7-2-1-3-8-10(7)12(9)6-15-11(8)14;1-2/h1-5H,6H2;1-2H3. The van der Waals surface area contributed by atoms with Gasteiger partial charge in [-0.05, 0) is 17.5 Å². The summed E-state index contributed by atoms with van der Waals surface area (Å²) in [5.41, 5.74) is 0.972. The first-order chi connectivity index (χ1) is 8.27. The van der Waals surface area contributed by atoms with E-state index >= 15 is 0 Å². The van der Waals surface area contributed by atoms with Gasteiger partial charge in [-0.15, -0.1) is 0 Å². The maximum atomic E-state index is 11.5. The van der Waals surface area contributed by atoms with Gasteiger partial charge in [-0.1, -0.05) is 26.0 Å². The molecule has 1 aromatic heterocycles. The first-order valence-corrected chi connectivity index (χ1v) is 5.57. The number of hydrogen-bond acceptors (Lipinski definition) is 3. The molecule has 2 aromatic rings. The number of aromatic nitrogens is 1. The second-order valence-electron chi connectivity index (χ2n) is 3.40. The Kier molecular flexibility index (Phi) is 2.95. The highest BCUT2D eigenvalue weighted by atomic mass is 16.5. The number of esters is 1. The molecule has 3 rings (SSSR count). The molecule has 0 saturated carbocycles. The van der Waals surface area contributed by atoms with Gasteiger partial charge in [0.05, 0.1) is 11.1 Å². The van der Waals surface area contributed by atoms with E-state index in [-0.39, 0.29) is 18.3 Å². The quantitative estimate of drug-likeness (QED) is 0.653. The molecule has 0 radical (unpaired) electrons. The Hall–Kier alpha value is -2.10. The van der Waals surface area contributed by atoms with Crippen molar-refractivity contribution in [2.45, 2.75) is 20.6 Å². The molecule has 0 spiro atoms. The Balaban J connectivity index is 0.000000514. The first-order valence-electron chi connectivity index (χ1n) is 5.57. The highest BCUT2D eigenvalue weighted by Gasteiger charge is 2.20. The smallest absolute Gasteiger partial charge is 0.342 e. The Morgan fingerprint density at radius 3 is 2.65 bits per heavy atom. The average Bonchev–Trinajstić information content (AvgIpc) is 2.39. The van der Waals surface area contributed by atoms with Gasteiger partial charge in [-0.3, -0.25) is 9.36 Å². The zero-order chi connectivity index (χ0) is 12.4. The summed E-state index contributed by atoms with van der Waals surface area (Å²) in [6, 6.07) is 8.51. The van der Waals surface area contributed by atoms with Crippen molar-refractivity contribution in [3.63, 3.8) is 0 Å². The molecule has 1 aliphatic heterocycles. The van der Waals surface area contributed by atoms with Gasteiger partial charge in [0.25, 0.3) is 5.56 Å². The van der Waals surface area contributed by atoms with E-state index < -0.39 is 0 Å². The highest BCUT2D eigenvalue weighted by Crippen LogP contribution is 2.21. The number of hydrogen-bond donors (Lipinski definition) is 0. The molecule has 0 N–H and O–H groups in total. The minimum Gasteiger partial charge on any atom is -0.440 e. The van der Waals surface area contributed by atoms with Gasteiger partial charge in [0, 0.05) is 6.07 Å². The summed E-state index contributed by atoms with van der Waals surface area (Å²) in [7, 11) is 0. The lowest BCUT2D eigenvalue weighted by molar-refractivity contribution is 0.0346. The molecule has 0 bridgehead atoms. The van der Waals surface area contributed by atoms with Crippen LogP contribution in [0.2, 0.25) is 0 Å². The number of pyridine rings is 1. The molecule has 0 amide bonds. The van der Waals surface area contributed by atoms with E-state index in [2.05, 4.69) is 0 Å². The van der Waals surface area contributed by atoms with Crippen molar-refractivity contribution in [2.24, 2.45) is 0 Å². The number of benzene rings is 1. The lowest BCUT2D eigenvalue weighted by atomic mass is 10.1. The number of rotatable bonds is 0. The van der Waals surface area contributed by atoms with Crippen LogP contribution in [0, 0.1) is 0 Å². The SMILES string of the molecule is CC.O=C1OCn2c(=O)ccc3cccc1c32. The molecule has 0 fully saturated rings. The van der Waals surface area contributed by atoms with Crippen LogP contribution in [0.3, 0.4) is 0 Å². The van der Waals surface area contributed by atoms with Gasteiger partial charge in [0.2, 0.25) is 0 Å². The Morgan fingerprint density at radius 1 is 1.12 bits per heavy atom. The zero-order valence-corrected chi connectivity index (χ0v) is 9.77. The molecule has 88 valence electrons. The maximum Gasteiger partial charge on any atom is 0.342 e. The first kappa shape index (κ1) is 11.4. The van der Waals surface area contributed by atoms with Crippen molar-refractivity contribution in [3.8, 4) is 0 Å². The van der Waals surface area contributed by atoms with Gasteiger partial charge in [-0.25, -0.2) is 4.79 Å². The van der Waals surface area contributed by atoms with Gasteiger partial charge in [0.15, 0.2) is 6.73 Å². The lowest BCUT2D eigenvalue weighted by Crippen LogP contribution is -2.27. The third-order valence-corrected chi connectivity index (χ3v) is 2.55.